The molecule has 1 amide bonds. The summed E-state index contributed by atoms with van der Waals surface area (Å²) in [4.78, 5) is 15.3. The Kier molecular flexibility index (Phi) is 7.03. The number of carbonyl (C=O) groups excluding carboxylic acids is 1. The van der Waals surface area contributed by atoms with E-state index in [4.69, 9.17) is 17.0 Å². The van der Waals surface area contributed by atoms with Gasteiger partial charge in [0.05, 0.1) is 11.1 Å². The number of ether oxygens (including phenoxy) is 1. The molecule has 5 nitrogen and oxygen atoms in total. The highest BCUT2D eigenvalue weighted by Gasteiger charge is 2.37. The van der Waals surface area contributed by atoms with E-state index in [1.807, 2.05) is 0 Å². The topological polar surface area (TPSA) is 44.8 Å². The number of nitrogens with zero attached hydrogens (tertiary/aromatic N) is 2. The van der Waals surface area contributed by atoms with Crippen LogP contribution < -0.4 is 5.32 Å². The molecule has 1 fully saturated rings. The summed E-state index contributed by atoms with van der Waals surface area (Å²) in [5.74, 6) is 0. The highest BCUT2D eigenvalue weighted by atomic mass is 32.1. The fourth-order valence-electron chi connectivity index (χ4n) is 2.97. The molecule has 31 heavy (non-hydrogen) atoms. The zero-order valence-electron chi connectivity index (χ0n) is 17.3. The SMILES string of the molecule is CC1CN(C(=O)OC(C)(C)C)CCN1C(=S)Nc1cc(C(F)(F)F)cc(C(F)(F)F)c1. The number of carbonyl (C=O) groups is 1. The van der Waals surface area contributed by atoms with Crippen LogP contribution in [0.5, 0.6) is 0 Å². The lowest BCUT2D eigenvalue weighted by molar-refractivity contribution is -0.143. The van der Waals surface area contributed by atoms with Crippen molar-refractivity contribution in [3.05, 3.63) is 29.3 Å². The predicted molar refractivity (Wildman–Crippen MR) is 107 cm³/mol. The van der Waals surface area contributed by atoms with Crippen LogP contribution in [0.2, 0.25) is 0 Å². The maximum Gasteiger partial charge on any atom is 0.416 e. The van der Waals surface area contributed by atoms with Crippen LogP contribution in [0.25, 0.3) is 0 Å². The molecule has 1 atom stereocenters. The van der Waals surface area contributed by atoms with Crippen LogP contribution >= 0.6 is 12.2 Å². The van der Waals surface area contributed by atoms with Crippen LogP contribution in [-0.2, 0) is 17.1 Å². The minimum atomic E-state index is -4.95. The second-order valence-corrected chi connectivity index (χ2v) is 8.58. The van der Waals surface area contributed by atoms with E-state index >= 15 is 0 Å². The van der Waals surface area contributed by atoms with Gasteiger partial charge in [-0.1, -0.05) is 0 Å². The number of anilines is 1. The van der Waals surface area contributed by atoms with Crippen molar-refractivity contribution in [2.75, 3.05) is 25.0 Å². The van der Waals surface area contributed by atoms with Gasteiger partial charge in [-0.3, -0.25) is 0 Å². The summed E-state index contributed by atoms with van der Waals surface area (Å²) in [6.45, 7) is 7.62. The number of alkyl halides is 6. The standard InChI is InChI=1S/C19H23F6N3O2S/c1-11-10-27(16(29)30-17(2,3)4)5-6-28(11)15(31)26-14-8-12(18(20,21)22)7-13(9-14)19(23,24)25/h7-9,11H,5-6,10H2,1-4H3,(H,26,31). The molecule has 0 aromatic heterocycles. The van der Waals surface area contributed by atoms with Crippen molar-refractivity contribution in [1.82, 2.24) is 9.80 Å². The van der Waals surface area contributed by atoms with E-state index in [1.165, 1.54) is 4.90 Å². The minimum Gasteiger partial charge on any atom is -0.444 e. The van der Waals surface area contributed by atoms with E-state index in [1.54, 1.807) is 32.6 Å². The van der Waals surface area contributed by atoms with Crippen molar-refractivity contribution in [3.8, 4) is 0 Å². The summed E-state index contributed by atoms with van der Waals surface area (Å²) < 4.78 is 83.5. The third-order valence-corrected chi connectivity index (χ3v) is 4.72. The molecule has 0 saturated carbocycles. The zero-order valence-corrected chi connectivity index (χ0v) is 18.1. The molecular weight excluding hydrogens is 448 g/mol. The molecule has 1 aromatic rings. The third kappa shape index (κ3) is 6.88. The largest absolute Gasteiger partial charge is 0.444 e. The van der Waals surface area contributed by atoms with Gasteiger partial charge in [-0.15, -0.1) is 0 Å². The van der Waals surface area contributed by atoms with Crippen molar-refractivity contribution >= 4 is 29.1 Å². The molecule has 12 heteroatoms. The van der Waals surface area contributed by atoms with Gasteiger partial charge in [0.15, 0.2) is 5.11 Å². The second kappa shape index (κ2) is 8.71. The monoisotopic (exact) mass is 471 g/mol. The van der Waals surface area contributed by atoms with Gasteiger partial charge in [-0.25, -0.2) is 4.79 Å². The lowest BCUT2D eigenvalue weighted by atomic mass is 10.1. The fraction of sp³-hybridized carbons (Fsp3) is 0.579. The Morgan fingerprint density at radius 2 is 1.55 bits per heavy atom. The van der Waals surface area contributed by atoms with Crippen LogP contribution in [0.3, 0.4) is 0 Å². The summed E-state index contributed by atoms with van der Waals surface area (Å²) in [7, 11) is 0. The molecule has 0 spiro atoms. The second-order valence-electron chi connectivity index (χ2n) is 8.19. The number of halogens is 6. The Hall–Kier alpha value is -2.24. The van der Waals surface area contributed by atoms with Crippen LogP contribution in [-0.4, -0.2) is 52.3 Å². The van der Waals surface area contributed by atoms with Crippen LogP contribution in [0.1, 0.15) is 38.8 Å². The molecule has 0 aliphatic carbocycles. The first-order valence-corrected chi connectivity index (χ1v) is 9.73. The maximum atomic E-state index is 13.0. The number of hydrogen-bond acceptors (Lipinski definition) is 3. The Balaban J connectivity index is 2.14. The van der Waals surface area contributed by atoms with Crippen LogP contribution in [0.15, 0.2) is 18.2 Å². The molecule has 174 valence electrons. The summed E-state index contributed by atoms with van der Waals surface area (Å²) in [5, 5.41) is 2.43. The van der Waals surface area contributed by atoms with Gasteiger partial charge in [0.2, 0.25) is 0 Å². The third-order valence-electron chi connectivity index (χ3n) is 4.38. The van der Waals surface area contributed by atoms with Crippen molar-refractivity contribution in [1.29, 1.82) is 0 Å². The van der Waals surface area contributed by atoms with E-state index < -0.39 is 40.9 Å². The summed E-state index contributed by atoms with van der Waals surface area (Å²) in [6, 6.07) is 0.858. The Bertz CT molecular complexity index is 803. The van der Waals surface area contributed by atoms with Gasteiger partial charge in [0.25, 0.3) is 0 Å². The van der Waals surface area contributed by atoms with Crippen LogP contribution in [0, 0.1) is 0 Å². The zero-order chi connectivity index (χ0) is 23.8. The molecule has 1 aliphatic heterocycles. The number of piperazine rings is 1. The normalized spacial score (nSPS) is 18.1. The number of benzene rings is 1. The van der Waals surface area contributed by atoms with Crippen molar-refractivity contribution in [3.63, 3.8) is 0 Å². The fourth-order valence-corrected chi connectivity index (χ4v) is 3.36. The summed E-state index contributed by atoms with van der Waals surface area (Å²) in [6.07, 6.45) is -10.4. The summed E-state index contributed by atoms with van der Waals surface area (Å²) in [5.41, 5.74) is -3.96. The molecule has 0 bridgehead atoms. The average molecular weight is 471 g/mol. The number of thiocarbonyl (C=S) groups is 1. The van der Waals surface area contributed by atoms with E-state index in [9.17, 15) is 31.1 Å². The van der Waals surface area contributed by atoms with Gasteiger partial charge in [0, 0.05) is 31.4 Å². The molecule has 2 rings (SSSR count). The number of hydrogen-bond donors (Lipinski definition) is 1. The smallest absolute Gasteiger partial charge is 0.416 e. The first kappa shape index (κ1) is 25.0. The molecule has 1 heterocycles. The quantitative estimate of drug-likeness (QED) is 0.441. The van der Waals surface area contributed by atoms with Gasteiger partial charge < -0.3 is 19.9 Å². The first-order chi connectivity index (χ1) is 14.0. The van der Waals surface area contributed by atoms with Gasteiger partial charge in [-0.2, -0.15) is 26.3 Å². The van der Waals surface area contributed by atoms with E-state index in [2.05, 4.69) is 5.32 Å². The Labute approximate surface area is 181 Å². The summed E-state index contributed by atoms with van der Waals surface area (Å²) >= 11 is 5.22. The highest BCUT2D eigenvalue weighted by molar-refractivity contribution is 7.80. The number of rotatable bonds is 1. The molecule has 1 N–H and O–H groups in total. The molecule has 0 radical (unpaired) electrons. The van der Waals surface area contributed by atoms with Crippen molar-refractivity contribution in [2.24, 2.45) is 0 Å². The lowest BCUT2D eigenvalue weighted by Crippen LogP contribution is -2.56. The minimum absolute atomic E-state index is 0.0382. The van der Waals surface area contributed by atoms with Crippen molar-refractivity contribution < 1.29 is 35.9 Å². The predicted octanol–water partition coefficient (Wildman–Crippen LogP) is 5.36. The van der Waals surface area contributed by atoms with Gasteiger partial charge in [0.1, 0.15) is 5.60 Å². The number of nitrogens with one attached hydrogen (secondary N) is 1. The average Bonchev–Trinajstić information content (AvgIpc) is 2.58. The number of amides is 1. The highest BCUT2D eigenvalue weighted by Crippen LogP contribution is 2.37. The molecule has 1 aliphatic rings. The van der Waals surface area contributed by atoms with Crippen molar-refractivity contribution in [2.45, 2.75) is 51.7 Å². The lowest BCUT2D eigenvalue weighted by Gasteiger charge is -2.41. The van der Waals surface area contributed by atoms with Crippen LogP contribution in [0.4, 0.5) is 36.8 Å². The Morgan fingerprint density at radius 1 is 1.03 bits per heavy atom. The first-order valence-electron chi connectivity index (χ1n) is 9.32. The molecular formula is C19H23F6N3O2S. The molecule has 1 unspecified atom stereocenters. The molecule has 1 aromatic carbocycles. The van der Waals surface area contributed by atoms with Gasteiger partial charge >= 0.3 is 18.4 Å². The van der Waals surface area contributed by atoms with E-state index in [-0.39, 0.29) is 36.9 Å². The van der Waals surface area contributed by atoms with E-state index in [0.717, 1.165) is 0 Å². The maximum absolute atomic E-state index is 13.0. The van der Waals surface area contributed by atoms with E-state index in [0.29, 0.717) is 12.1 Å². The molecule has 1 saturated heterocycles. The van der Waals surface area contributed by atoms with Gasteiger partial charge in [-0.05, 0) is 58.1 Å². The Morgan fingerprint density at radius 3 is 1.97 bits per heavy atom.